The highest BCUT2D eigenvalue weighted by Crippen LogP contribution is 2.37. The van der Waals surface area contributed by atoms with Gasteiger partial charge in [-0.05, 0) is 36.2 Å². The molecule has 1 N–H and O–H groups in total. The Balaban J connectivity index is 1.35. The van der Waals surface area contributed by atoms with Gasteiger partial charge >= 0.3 is 0 Å². The van der Waals surface area contributed by atoms with E-state index in [9.17, 15) is 9.59 Å². The van der Waals surface area contributed by atoms with Crippen LogP contribution >= 0.6 is 0 Å². The van der Waals surface area contributed by atoms with Gasteiger partial charge in [-0.3, -0.25) is 19.1 Å². The quantitative estimate of drug-likeness (QED) is 0.502. The molecule has 4 aromatic rings. The van der Waals surface area contributed by atoms with E-state index in [4.69, 9.17) is 4.42 Å². The fourth-order valence-electron chi connectivity index (χ4n) is 4.04. The molecule has 7 nitrogen and oxygen atoms in total. The molecule has 2 aromatic heterocycles. The molecular formula is C24H22N4O3. The van der Waals surface area contributed by atoms with Gasteiger partial charge in [-0.2, -0.15) is 0 Å². The Labute approximate surface area is 179 Å². The molecule has 0 bridgehead atoms. The average Bonchev–Trinajstić information content (AvgIpc) is 3.48. The third-order valence-corrected chi connectivity index (χ3v) is 5.53. The maximum Gasteiger partial charge on any atom is 0.253 e. The van der Waals surface area contributed by atoms with Crippen LogP contribution in [-0.2, 0) is 22.6 Å². The minimum Gasteiger partial charge on any atom is -0.467 e. The number of para-hydroxylation sites is 2. The number of nitrogens with zero attached hydrogens (tertiary/aromatic N) is 3. The van der Waals surface area contributed by atoms with E-state index in [0.717, 1.165) is 23.0 Å². The van der Waals surface area contributed by atoms with Gasteiger partial charge in [0.2, 0.25) is 11.9 Å². The zero-order chi connectivity index (χ0) is 21.2. The predicted octanol–water partition coefficient (Wildman–Crippen LogP) is 3.47. The fourth-order valence-corrected chi connectivity index (χ4v) is 4.04. The number of furan rings is 1. The predicted molar refractivity (Wildman–Crippen MR) is 116 cm³/mol. The van der Waals surface area contributed by atoms with E-state index in [1.54, 1.807) is 17.2 Å². The second-order valence-corrected chi connectivity index (χ2v) is 7.58. The van der Waals surface area contributed by atoms with Crippen molar-refractivity contribution in [1.29, 1.82) is 0 Å². The number of amides is 2. The van der Waals surface area contributed by atoms with Crippen LogP contribution < -0.4 is 10.2 Å². The van der Waals surface area contributed by atoms with Gasteiger partial charge in [0.15, 0.2) is 0 Å². The van der Waals surface area contributed by atoms with E-state index >= 15 is 0 Å². The molecule has 2 amide bonds. The summed E-state index contributed by atoms with van der Waals surface area (Å²) in [5.74, 6) is 0.908. The van der Waals surface area contributed by atoms with Crippen LogP contribution in [0.2, 0.25) is 0 Å². The Bertz CT molecular complexity index is 1210. The maximum absolute atomic E-state index is 13.3. The van der Waals surface area contributed by atoms with E-state index < -0.39 is 6.04 Å². The normalized spacial score (nSPS) is 15.4. The summed E-state index contributed by atoms with van der Waals surface area (Å²) in [5, 5.41) is 2.95. The monoisotopic (exact) mass is 414 g/mol. The van der Waals surface area contributed by atoms with Gasteiger partial charge in [-0.1, -0.05) is 42.5 Å². The molecule has 0 fully saturated rings. The lowest BCUT2D eigenvalue weighted by molar-refractivity contribution is -0.127. The van der Waals surface area contributed by atoms with Crippen molar-refractivity contribution in [3.63, 3.8) is 0 Å². The highest BCUT2D eigenvalue weighted by molar-refractivity contribution is 6.03. The number of hydrogen-bond acceptors (Lipinski definition) is 4. The summed E-state index contributed by atoms with van der Waals surface area (Å²) in [5.41, 5.74) is 2.80. The summed E-state index contributed by atoms with van der Waals surface area (Å²) < 4.78 is 7.31. The van der Waals surface area contributed by atoms with Crippen molar-refractivity contribution in [3.8, 4) is 0 Å². The van der Waals surface area contributed by atoms with Crippen molar-refractivity contribution in [1.82, 2.24) is 14.9 Å². The lowest BCUT2D eigenvalue weighted by Crippen LogP contribution is -2.33. The zero-order valence-corrected chi connectivity index (χ0v) is 16.9. The number of nitrogens with one attached hydrogen (secondary N) is 1. The zero-order valence-electron chi connectivity index (χ0n) is 16.9. The van der Waals surface area contributed by atoms with Gasteiger partial charge in [0.25, 0.3) is 5.91 Å². The Morgan fingerprint density at radius 1 is 1.03 bits per heavy atom. The van der Waals surface area contributed by atoms with E-state index in [2.05, 4.69) is 10.3 Å². The van der Waals surface area contributed by atoms with Gasteiger partial charge < -0.3 is 9.73 Å². The molecule has 0 saturated heterocycles. The Morgan fingerprint density at radius 2 is 1.84 bits per heavy atom. The first kappa shape index (κ1) is 19.1. The molecule has 0 unspecified atom stereocenters. The van der Waals surface area contributed by atoms with Crippen LogP contribution in [0.3, 0.4) is 0 Å². The first-order valence-corrected chi connectivity index (χ1v) is 10.3. The molecule has 1 atom stereocenters. The summed E-state index contributed by atoms with van der Waals surface area (Å²) in [6, 6.07) is 20.6. The number of imidazole rings is 1. The van der Waals surface area contributed by atoms with Crippen LogP contribution in [0, 0.1) is 0 Å². The highest BCUT2D eigenvalue weighted by Gasteiger charge is 2.41. The number of hydrogen-bond donors (Lipinski definition) is 1. The molecule has 0 radical (unpaired) electrons. The third-order valence-electron chi connectivity index (χ3n) is 5.53. The molecule has 1 aliphatic rings. The van der Waals surface area contributed by atoms with Crippen molar-refractivity contribution < 1.29 is 14.0 Å². The summed E-state index contributed by atoms with van der Waals surface area (Å²) in [7, 11) is 0. The number of carbonyl (C=O) groups is 2. The van der Waals surface area contributed by atoms with Gasteiger partial charge in [-0.15, -0.1) is 0 Å². The second kappa shape index (κ2) is 8.10. The molecule has 0 spiro atoms. The number of benzene rings is 2. The topological polar surface area (TPSA) is 80.4 Å². The number of rotatable bonds is 7. The van der Waals surface area contributed by atoms with Gasteiger partial charge in [0, 0.05) is 6.54 Å². The first-order chi connectivity index (χ1) is 15.2. The first-order valence-electron chi connectivity index (χ1n) is 10.3. The van der Waals surface area contributed by atoms with Gasteiger partial charge in [0.1, 0.15) is 11.8 Å². The van der Waals surface area contributed by atoms with Gasteiger partial charge in [-0.25, -0.2) is 4.98 Å². The molecule has 7 heteroatoms. The Kier molecular flexibility index (Phi) is 5.00. The highest BCUT2D eigenvalue weighted by atomic mass is 16.3. The van der Waals surface area contributed by atoms with Crippen LogP contribution in [0.15, 0.2) is 77.4 Å². The van der Waals surface area contributed by atoms with E-state index in [0.29, 0.717) is 18.3 Å². The van der Waals surface area contributed by atoms with Crippen LogP contribution in [-0.4, -0.2) is 27.9 Å². The van der Waals surface area contributed by atoms with E-state index in [1.165, 1.54) is 0 Å². The molecule has 0 aliphatic carbocycles. The minimum atomic E-state index is -0.630. The average molecular weight is 414 g/mol. The number of aromatic nitrogens is 2. The van der Waals surface area contributed by atoms with Gasteiger partial charge in [0.05, 0.1) is 30.3 Å². The summed E-state index contributed by atoms with van der Waals surface area (Å²) in [6.07, 6.45) is 2.39. The fraction of sp³-hybridized carbons (Fsp3) is 0.208. The van der Waals surface area contributed by atoms with Crippen LogP contribution in [0.1, 0.15) is 23.8 Å². The smallest absolute Gasteiger partial charge is 0.253 e. The summed E-state index contributed by atoms with van der Waals surface area (Å²) in [6.45, 7) is 0.804. The maximum atomic E-state index is 13.3. The molecule has 1 aliphatic heterocycles. The minimum absolute atomic E-state index is 0.0651. The van der Waals surface area contributed by atoms with Crippen LogP contribution in [0.25, 0.3) is 11.0 Å². The third kappa shape index (κ3) is 3.70. The second-order valence-electron chi connectivity index (χ2n) is 7.58. The summed E-state index contributed by atoms with van der Waals surface area (Å²) in [4.78, 5) is 32.2. The lowest BCUT2D eigenvalue weighted by atomic mass is 10.1. The van der Waals surface area contributed by atoms with E-state index in [-0.39, 0.29) is 24.8 Å². The van der Waals surface area contributed by atoms with Crippen LogP contribution in [0.4, 0.5) is 5.95 Å². The van der Waals surface area contributed by atoms with Crippen molar-refractivity contribution in [2.24, 2.45) is 0 Å². The number of fused-ring (bicyclic) bond motifs is 3. The molecule has 3 heterocycles. The molecular weight excluding hydrogens is 392 g/mol. The molecule has 5 rings (SSSR count). The van der Waals surface area contributed by atoms with Crippen molar-refractivity contribution in [2.45, 2.75) is 25.4 Å². The molecule has 156 valence electrons. The van der Waals surface area contributed by atoms with Crippen LogP contribution in [0.5, 0.6) is 0 Å². The lowest BCUT2D eigenvalue weighted by Gasteiger charge is -2.15. The molecule has 2 aromatic carbocycles. The van der Waals surface area contributed by atoms with Crippen molar-refractivity contribution >= 4 is 28.8 Å². The number of carbonyl (C=O) groups excluding carboxylic acids is 2. The van der Waals surface area contributed by atoms with Crippen molar-refractivity contribution in [2.75, 3.05) is 11.4 Å². The SMILES string of the molecule is O=C(C[C@@H]1C(=O)N(Cc2ccco2)c2nc3ccccc3n21)NCCc1ccccc1. The number of anilines is 1. The van der Waals surface area contributed by atoms with E-state index in [1.807, 2.05) is 65.2 Å². The summed E-state index contributed by atoms with van der Waals surface area (Å²) >= 11 is 0. The van der Waals surface area contributed by atoms with Crippen molar-refractivity contribution in [3.05, 3.63) is 84.3 Å². The molecule has 31 heavy (non-hydrogen) atoms. The Hall–Kier alpha value is -3.87. The Morgan fingerprint density at radius 3 is 2.65 bits per heavy atom. The molecule has 0 saturated carbocycles. The standard InChI is InChI=1S/C24H22N4O3/c29-22(25-13-12-17-7-2-1-3-8-17)15-21-23(30)27(16-18-9-6-14-31-18)24-26-19-10-4-5-11-20(19)28(21)24/h1-11,14,21H,12-13,15-16H2,(H,25,29)/t21-/m1/s1. The largest absolute Gasteiger partial charge is 0.467 e.